The lowest BCUT2D eigenvalue weighted by atomic mass is 9.63. The minimum atomic E-state index is -1.64. The zero-order chi connectivity index (χ0) is 21.6. The van der Waals surface area contributed by atoms with Gasteiger partial charge in [-0.25, -0.2) is 0 Å². The van der Waals surface area contributed by atoms with Crippen molar-refractivity contribution in [2.24, 2.45) is 11.1 Å². The minimum Gasteiger partial charge on any atom is -0.444 e. The Hall–Kier alpha value is -4.11. The molecule has 0 saturated heterocycles. The smallest absolute Gasteiger partial charge is 0.245 e. The number of nitriles is 1. The molecular weight excluding hydrogens is 390 g/mol. The van der Waals surface area contributed by atoms with Crippen LogP contribution in [0.3, 0.4) is 0 Å². The SMILES string of the molecule is N#CC1=C(N)OC2=C(C(=O)CCC2)C12C(=O)NC(c1ccccc1)=C2c1ccccc1. The van der Waals surface area contributed by atoms with Gasteiger partial charge < -0.3 is 15.8 Å². The highest BCUT2D eigenvalue weighted by Crippen LogP contribution is 2.58. The van der Waals surface area contributed by atoms with Gasteiger partial charge in [-0.2, -0.15) is 5.26 Å². The number of nitrogens with zero attached hydrogens (tertiary/aromatic N) is 1. The maximum absolute atomic E-state index is 13.8. The lowest BCUT2D eigenvalue weighted by Crippen LogP contribution is -2.45. The number of hydrogen-bond donors (Lipinski definition) is 2. The van der Waals surface area contributed by atoms with E-state index in [0.29, 0.717) is 36.3 Å². The van der Waals surface area contributed by atoms with Crippen LogP contribution in [-0.2, 0) is 14.3 Å². The molecule has 152 valence electrons. The summed E-state index contributed by atoms with van der Waals surface area (Å²) in [6, 6.07) is 20.8. The number of amides is 1. The summed E-state index contributed by atoms with van der Waals surface area (Å²) < 4.78 is 5.72. The molecule has 5 rings (SSSR count). The van der Waals surface area contributed by atoms with Gasteiger partial charge in [0.25, 0.3) is 0 Å². The first-order chi connectivity index (χ1) is 15.1. The van der Waals surface area contributed by atoms with E-state index in [2.05, 4.69) is 11.4 Å². The molecule has 1 amide bonds. The molecule has 6 heteroatoms. The first-order valence-electron chi connectivity index (χ1n) is 10.1. The first kappa shape index (κ1) is 18.9. The van der Waals surface area contributed by atoms with Crippen LogP contribution in [-0.4, -0.2) is 11.7 Å². The molecule has 0 aromatic heterocycles. The van der Waals surface area contributed by atoms with E-state index >= 15 is 0 Å². The number of nitrogens with two attached hydrogens (primary N) is 1. The Bertz CT molecular complexity index is 1250. The lowest BCUT2D eigenvalue weighted by Gasteiger charge is -2.38. The monoisotopic (exact) mass is 409 g/mol. The molecule has 3 aliphatic rings. The Labute approximate surface area is 179 Å². The number of carbonyl (C=O) groups is 2. The molecule has 2 heterocycles. The van der Waals surface area contributed by atoms with Crippen LogP contribution in [0.25, 0.3) is 11.3 Å². The van der Waals surface area contributed by atoms with E-state index in [9.17, 15) is 14.9 Å². The van der Waals surface area contributed by atoms with Crippen LogP contribution in [0.15, 0.2) is 83.5 Å². The second kappa shape index (κ2) is 6.99. The van der Waals surface area contributed by atoms with Gasteiger partial charge in [-0.05, 0) is 17.5 Å². The Balaban J connectivity index is 1.93. The van der Waals surface area contributed by atoms with Gasteiger partial charge in [0.15, 0.2) is 5.78 Å². The van der Waals surface area contributed by atoms with Crippen LogP contribution in [0.2, 0.25) is 0 Å². The van der Waals surface area contributed by atoms with Crippen molar-refractivity contribution >= 4 is 23.0 Å². The van der Waals surface area contributed by atoms with Gasteiger partial charge in [-0.3, -0.25) is 9.59 Å². The largest absolute Gasteiger partial charge is 0.444 e. The van der Waals surface area contributed by atoms with Crippen LogP contribution < -0.4 is 11.1 Å². The molecule has 1 spiro atoms. The Morgan fingerprint density at radius 3 is 2.23 bits per heavy atom. The number of fused-ring (bicyclic) bond motifs is 1. The maximum Gasteiger partial charge on any atom is 0.245 e. The molecule has 2 aromatic rings. The van der Waals surface area contributed by atoms with Crippen molar-refractivity contribution in [2.45, 2.75) is 19.3 Å². The van der Waals surface area contributed by atoms with Crippen molar-refractivity contribution in [3.05, 3.63) is 94.6 Å². The topological polar surface area (TPSA) is 105 Å². The fourth-order valence-corrected chi connectivity index (χ4v) is 4.80. The number of ether oxygens (including phenoxy) is 1. The van der Waals surface area contributed by atoms with Crippen molar-refractivity contribution in [3.63, 3.8) is 0 Å². The van der Waals surface area contributed by atoms with Crippen molar-refractivity contribution in [1.29, 1.82) is 5.26 Å². The maximum atomic E-state index is 13.8. The van der Waals surface area contributed by atoms with Gasteiger partial charge >= 0.3 is 0 Å². The molecule has 31 heavy (non-hydrogen) atoms. The third-order valence-corrected chi connectivity index (χ3v) is 6.04. The van der Waals surface area contributed by atoms with Gasteiger partial charge in [0.05, 0.1) is 11.3 Å². The van der Waals surface area contributed by atoms with Crippen molar-refractivity contribution < 1.29 is 14.3 Å². The molecule has 2 aliphatic heterocycles. The summed E-state index contributed by atoms with van der Waals surface area (Å²) in [7, 11) is 0. The fourth-order valence-electron chi connectivity index (χ4n) is 4.80. The number of allylic oxidation sites excluding steroid dienone is 1. The predicted molar refractivity (Wildman–Crippen MR) is 114 cm³/mol. The second-order valence-electron chi connectivity index (χ2n) is 7.71. The average Bonchev–Trinajstić information content (AvgIpc) is 3.08. The second-order valence-corrected chi connectivity index (χ2v) is 7.71. The summed E-state index contributed by atoms with van der Waals surface area (Å²) in [5, 5.41) is 13.1. The van der Waals surface area contributed by atoms with Crippen molar-refractivity contribution in [1.82, 2.24) is 5.32 Å². The summed E-state index contributed by atoms with van der Waals surface area (Å²) in [6.45, 7) is 0. The quantitative estimate of drug-likeness (QED) is 0.791. The Morgan fingerprint density at radius 2 is 1.58 bits per heavy atom. The van der Waals surface area contributed by atoms with Crippen LogP contribution in [0, 0.1) is 16.7 Å². The third-order valence-electron chi connectivity index (χ3n) is 6.04. The van der Waals surface area contributed by atoms with Gasteiger partial charge in [0, 0.05) is 18.4 Å². The Kier molecular flexibility index (Phi) is 4.26. The molecule has 3 N–H and O–H groups in total. The van der Waals surface area contributed by atoms with Crippen LogP contribution in [0.1, 0.15) is 30.4 Å². The van der Waals surface area contributed by atoms with E-state index in [1.54, 1.807) is 0 Å². The van der Waals surface area contributed by atoms with E-state index in [1.807, 2.05) is 60.7 Å². The number of carbonyl (C=O) groups excluding carboxylic acids is 2. The molecule has 1 aliphatic carbocycles. The highest BCUT2D eigenvalue weighted by atomic mass is 16.5. The highest BCUT2D eigenvalue weighted by molar-refractivity contribution is 6.24. The van der Waals surface area contributed by atoms with E-state index < -0.39 is 11.3 Å². The normalized spacial score (nSPS) is 22.9. The molecule has 1 atom stereocenters. The lowest BCUT2D eigenvalue weighted by molar-refractivity contribution is -0.126. The Morgan fingerprint density at radius 1 is 0.935 bits per heavy atom. The number of nitrogens with one attached hydrogen (secondary N) is 1. The summed E-state index contributed by atoms with van der Waals surface area (Å²) >= 11 is 0. The van der Waals surface area contributed by atoms with Gasteiger partial charge in [0.2, 0.25) is 11.8 Å². The van der Waals surface area contributed by atoms with E-state index in [0.717, 1.165) is 11.1 Å². The van der Waals surface area contributed by atoms with Crippen LogP contribution >= 0.6 is 0 Å². The van der Waals surface area contributed by atoms with E-state index in [1.165, 1.54) is 0 Å². The average molecular weight is 409 g/mol. The highest BCUT2D eigenvalue weighted by Gasteiger charge is 2.61. The summed E-state index contributed by atoms with van der Waals surface area (Å²) in [5.74, 6) is -0.408. The van der Waals surface area contributed by atoms with E-state index in [-0.39, 0.29) is 22.8 Å². The van der Waals surface area contributed by atoms with Crippen molar-refractivity contribution in [2.75, 3.05) is 0 Å². The van der Waals surface area contributed by atoms with Gasteiger partial charge in [0.1, 0.15) is 22.8 Å². The number of hydrogen-bond acceptors (Lipinski definition) is 5. The van der Waals surface area contributed by atoms with Gasteiger partial charge in [-0.15, -0.1) is 0 Å². The predicted octanol–water partition coefficient (Wildman–Crippen LogP) is 3.40. The molecule has 6 nitrogen and oxygen atoms in total. The third kappa shape index (κ3) is 2.57. The van der Waals surface area contributed by atoms with Crippen molar-refractivity contribution in [3.8, 4) is 6.07 Å². The molecule has 0 fully saturated rings. The number of rotatable bonds is 2. The number of benzene rings is 2. The fraction of sp³-hybridized carbons (Fsp3) is 0.160. The summed E-state index contributed by atoms with van der Waals surface area (Å²) in [6.07, 6.45) is 1.39. The zero-order valence-electron chi connectivity index (χ0n) is 16.6. The first-order valence-corrected chi connectivity index (χ1v) is 10.1. The summed E-state index contributed by atoms with van der Waals surface area (Å²) in [4.78, 5) is 27.0. The molecule has 0 bridgehead atoms. The number of ketones is 1. The molecule has 0 radical (unpaired) electrons. The molecule has 2 aromatic carbocycles. The zero-order valence-corrected chi connectivity index (χ0v) is 16.6. The molecule has 0 saturated carbocycles. The molecular formula is C25H19N3O3. The van der Waals surface area contributed by atoms with Crippen LogP contribution in [0.4, 0.5) is 0 Å². The molecule has 1 unspecified atom stereocenters. The summed E-state index contributed by atoms with van der Waals surface area (Å²) in [5.41, 5.74) is 7.32. The van der Waals surface area contributed by atoms with E-state index in [4.69, 9.17) is 10.5 Å². The van der Waals surface area contributed by atoms with Crippen LogP contribution in [0.5, 0.6) is 0 Å². The minimum absolute atomic E-state index is 0.0521. The van der Waals surface area contributed by atoms with Gasteiger partial charge in [-0.1, -0.05) is 60.7 Å². The standard InChI is InChI=1S/C25H19N3O3/c26-14-17-23(27)31-19-13-7-12-18(29)21(19)25(17)20(15-8-3-1-4-9-15)22(28-24(25)30)16-10-5-2-6-11-16/h1-6,8-11H,7,12-13,27H2,(H,28,30). The number of Topliss-reactive ketones (excluding diaryl/α,β-unsaturated/α-hetero) is 1.